The van der Waals surface area contributed by atoms with Crippen molar-refractivity contribution in [3.63, 3.8) is 0 Å². The van der Waals surface area contributed by atoms with E-state index < -0.39 is 18.3 Å². The molecule has 1 aromatic carbocycles. The first-order valence-electron chi connectivity index (χ1n) is 8.64. The first-order valence-corrected chi connectivity index (χ1v) is 8.64. The summed E-state index contributed by atoms with van der Waals surface area (Å²) in [5.41, 5.74) is 8.08. The van der Waals surface area contributed by atoms with Crippen LogP contribution in [0.1, 0.15) is 43.6 Å². The van der Waals surface area contributed by atoms with Gasteiger partial charge in [0, 0.05) is 23.6 Å². The number of carbonyl (C=O) groups is 1. The molecule has 26 heavy (non-hydrogen) atoms. The molecule has 1 fully saturated rings. The maximum atomic E-state index is 12.1. The van der Waals surface area contributed by atoms with Crippen molar-refractivity contribution in [2.75, 3.05) is 13.7 Å². The van der Waals surface area contributed by atoms with Crippen molar-refractivity contribution in [1.82, 2.24) is 4.98 Å². The number of ether oxygens (including phenoxy) is 1. The fourth-order valence-corrected chi connectivity index (χ4v) is 2.98. The minimum absolute atomic E-state index is 0.285. The predicted molar refractivity (Wildman–Crippen MR) is 103 cm³/mol. The molecule has 6 nitrogen and oxygen atoms in total. The van der Waals surface area contributed by atoms with E-state index in [1.54, 1.807) is 12.3 Å². The van der Waals surface area contributed by atoms with E-state index in [0.29, 0.717) is 5.56 Å². The van der Waals surface area contributed by atoms with Crippen molar-refractivity contribution in [2.24, 2.45) is 5.73 Å². The number of H-pyrrole nitrogens is 1. The number of fused-ring (bicyclic) bond motifs is 1. The van der Waals surface area contributed by atoms with Gasteiger partial charge in [0.2, 0.25) is 0 Å². The highest BCUT2D eigenvalue weighted by Gasteiger charge is 2.52. The molecular formula is C19H25BN2O4. The van der Waals surface area contributed by atoms with Crippen LogP contribution in [0.4, 0.5) is 0 Å². The molecule has 2 heterocycles. The molecule has 0 amide bonds. The molecular weight excluding hydrogens is 331 g/mol. The van der Waals surface area contributed by atoms with Crippen LogP contribution < -0.4 is 5.73 Å². The van der Waals surface area contributed by atoms with Crippen LogP contribution in [0.2, 0.25) is 0 Å². The van der Waals surface area contributed by atoms with Crippen LogP contribution in [0.3, 0.4) is 0 Å². The van der Waals surface area contributed by atoms with Crippen LogP contribution in [0.15, 0.2) is 29.9 Å². The van der Waals surface area contributed by atoms with Crippen LogP contribution >= 0.6 is 0 Å². The third-order valence-corrected chi connectivity index (χ3v) is 5.24. The van der Waals surface area contributed by atoms with Gasteiger partial charge in [0.05, 0.1) is 23.9 Å². The van der Waals surface area contributed by atoms with E-state index >= 15 is 0 Å². The zero-order valence-corrected chi connectivity index (χ0v) is 15.9. The van der Waals surface area contributed by atoms with Crippen molar-refractivity contribution >= 4 is 30.1 Å². The van der Waals surface area contributed by atoms with Gasteiger partial charge in [0.15, 0.2) is 0 Å². The van der Waals surface area contributed by atoms with E-state index in [1.165, 1.54) is 7.11 Å². The quantitative estimate of drug-likeness (QED) is 0.650. The summed E-state index contributed by atoms with van der Waals surface area (Å²) in [7, 11) is 0.852. The van der Waals surface area contributed by atoms with Crippen molar-refractivity contribution in [3.8, 4) is 0 Å². The number of nitrogens with two attached hydrogens (primary N) is 1. The first-order chi connectivity index (χ1) is 12.2. The van der Waals surface area contributed by atoms with Crippen molar-refractivity contribution in [3.05, 3.63) is 41.0 Å². The average molecular weight is 356 g/mol. The molecule has 1 aliphatic rings. The van der Waals surface area contributed by atoms with Gasteiger partial charge in [-0.1, -0.05) is 6.08 Å². The second kappa shape index (κ2) is 6.57. The summed E-state index contributed by atoms with van der Waals surface area (Å²) in [5, 5.41) is 0.818. The maximum Gasteiger partial charge on any atom is 0.491 e. The average Bonchev–Trinajstić information content (AvgIpc) is 3.12. The zero-order valence-electron chi connectivity index (χ0n) is 15.9. The van der Waals surface area contributed by atoms with Crippen molar-refractivity contribution < 1.29 is 18.8 Å². The molecule has 1 saturated heterocycles. The first kappa shape index (κ1) is 18.7. The molecule has 0 bridgehead atoms. The number of carbonyl (C=O) groups excluding carboxylic acids is 1. The number of methoxy groups -OCH3 is 1. The third kappa shape index (κ3) is 3.18. The molecule has 3 rings (SSSR count). The lowest BCUT2D eigenvalue weighted by atomic mass is 9.77. The summed E-state index contributed by atoms with van der Waals surface area (Å²) in [6.07, 6.45) is 3.71. The maximum absolute atomic E-state index is 12.1. The SMILES string of the molecule is COC(=O)c1cc(C=C(CN)B2OC(C)(C)C(C)(C)O2)cc2[nH]ccc12. The highest BCUT2D eigenvalue weighted by atomic mass is 16.7. The summed E-state index contributed by atoms with van der Waals surface area (Å²) in [4.78, 5) is 15.3. The number of aromatic nitrogens is 1. The number of aromatic amines is 1. The molecule has 7 heteroatoms. The van der Waals surface area contributed by atoms with E-state index in [2.05, 4.69) is 4.98 Å². The Kier molecular flexibility index (Phi) is 4.73. The molecule has 1 aromatic heterocycles. The minimum Gasteiger partial charge on any atom is -0.465 e. The number of rotatable bonds is 4. The van der Waals surface area contributed by atoms with E-state index in [4.69, 9.17) is 19.8 Å². The predicted octanol–water partition coefficient (Wildman–Crippen LogP) is 2.93. The summed E-state index contributed by atoms with van der Waals surface area (Å²) >= 11 is 0. The monoisotopic (exact) mass is 356 g/mol. The summed E-state index contributed by atoms with van der Waals surface area (Å²) in [6.45, 7) is 8.29. The molecule has 0 radical (unpaired) electrons. The molecule has 0 saturated carbocycles. The molecule has 0 unspecified atom stereocenters. The smallest absolute Gasteiger partial charge is 0.465 e. The summed E-state index contributed by atoms with van der Waals surface area (Å²) in [6, 6.07) is 5.61. The fourth-order valence-electron chi connectivity index (χ4n) is 2.98. The number of hydrogen-bond donors (Lipinski definition) is 2. The van der Waals surface area contributed by atoms with Gasteiger partial charge in [-0.05, 0) is 56.9 Å². The number of esters is 1. The Labute approximate surface area is 153 Å². The second-order valence-electron chi connectivity index (χ2n) is 7.51. The molecule has 0 aliphatic carbocycles. The van der Waals surface area contributed by atoms with E-state index in [-0.39, 0.29) is 12.5 Å². The van der Waals surface area contributed by atoms with E-state index in [1.807, 2.05) is 45.9 Å². The van der Waals surface area contributed by atoms with Gasteiger partial charge < -0.3 is 24.8 Å². The Hall–Kier alpha value is -2.09. The highest BCUT2D eigenvalue weighted by Crippen LogP contribution is 2.38. The van der Waals surface area contributed by atoms with Crippen molar-refractivity contribution in [2.45, 2.75) is 38.9 Å². The Morgan fingerprint density at radius 3 is 2.50 bits per heavy atom. The standard InChI is InChI=1S/C19H25BN2O4/c1-18(2)19(3,4)26-20(25-18)13(11-21)8-12-9-15(17(23)24-5)14-6-7-22-16(14)10-12/h6-10,22H,11,21H2,1-5H3. The molecule has 2 aromatic rings. The largest absolute Gasteiger partial charge is 0.491 e. The Morgan fingerprint density at radius 1 is 1.27 bits per heavy atom. The van der Waals surface area contributed by atoms with Crippen LogP contribution in [0.25, 0.3) is 17.0 Å². The summed E-state index contributed by atoms with van der Waals surface area (Å²) in [5.74, 6) is -0.380. The zero-order chi connectivity index (χ0) is 19.1. The Morgan fingerprint density at radius 2 is 1.92 bits per heavy atom. The second-order valence-corrected chi connectivity index (χ2v) is 7.51. The Balaban J connectivity index is 2.01. The number of hydrogen-bond acceptors (Lipinski definition) is 5. The van der Waals surface area contributed by atoms with Gasteiger partial charge in [-0.15, -0.1) is 0 Å². The number of nitrogens with one attached hydrogen (secondary N) is 1. The third-order valence-electron chi connectivity index (χ3n) is 5.24. The topological polar surface area (TPSA) is 86.6 Å². The van der Waals surface area contributed by atoms with Gasteiger partial charge in [-0.2, -0.15) is 0 Å². The van der Waals surface area contributed by atoms with Gasteiger partial charge in [-0.3, -0.25) is 0 Å². The molecule has 0 spiro atoms. The normalized spacial score (nSPS) is 19.2. The highest BCUT2D eigenvalue weighted by molar-refractivity contribution is 6.55. The lowest BCUT2D eigenvalue weighted by Gasteiger charge is -2.32. The lowest BCUT2D eigenvalue weighted by Crippen LogP contribution is -2.41. The molecule has 3 N–H and O–H groups in total. The molecule has 138 valence electrons. The van der Waals surface area contributed by atoms with Gasteiger partial charge in [-0.25, -0.2) is 4.79 Å². The van der Waals surface area contributed by atoms with Crippen molar-refractivity contribution in [1.29, 1.82) is 0 Å². The molecule has 0 atom stereocenters. The number of benzene rings is 1. The Bertz CT molecular complexity index is 854. The van der Waals surface area contributed by atoms with Crippen LogP contribution in [-0.2, 0) is 14.0 Å². The minimum atomic E-state index is -0.522. The lowest BCUT2D eigenvalue weighted by molar-refractivity contribution is 0.00578. The summed E-state index contributed by atoms with van der Waals surface area (Å²) < 4.78 is 17.1. The van der Waals surface area contributed by atoms with Crippen LogP contribution in [0, 0.1) is 0 Å². The van der Waals surface area contributed by atoms with Crippen LogP contribution in [0.5, 0.6) is 0 Å². The fraction of sp³-hybridized carbons (Fsp3) is 0.421. The van der Waals surface area contributed by atoms with Gasteiger partial charge in [0.1, 0.15) is 0 Å². The van der Waals surface area contributed by atoms with E-state index in [0.717, 1.165) is 21.9 Å². The van der Waals surface area contributed by atoms with Gasteiger partial charge >= 0.3 is 13.1 Å². The van der Waals surface area contributed by atoms with Crippen LogP contribution in [-0.4, -0.2) is 42.9 Å². The molecule has 1 aliphatic heterocycles. The van der Waals surface area contributed by atoms with E-state index in [9.17, 15) is 4.79 Å². The van der Waals surface area contributed by atoms with Gasteiger partial charge in [0.25, 0.3) is 0 Å².